The van der Waals surface area contributed by atoms with Crippen LogP contribution < -0.4 is 10.5 Å². The van der Waals surface area contributed by atoms with E-state index in [4.69, 9.17) is 5.73 Å². The van der Waals surface area contributed by atoms with Crippen LogP contribution >= 0.6 is 0 Å². The van der Waals surface area contributed by atoms with Crippen LogP contribution in [0.3, 0.4) is 0 Å². The van der Waals surface area contributed by atoms with E-state index in [9.17, 15) is 8.42 Å². The van der Waals surface area contributed by atoms with Gasteiger partial charge in [0, 0.05) is 12.1 Å². The van der Waals surface area contributed by atoms with Crippen molar-refractivity contribution in [2.45, 2.75) is 56.0 Å². The highest BCUT2D eigenvalue weighted by Crippen LogP contribution is 2.21. The summed E-state index contributed by atoms with van der Waals surface area (Å²) in [6, 6.07) is 7.43. The summed E-state index contributed by atoms with van der Waals surface area (Å²) in [4.78, 5) is 0.410. The number of rotatable bonds is 4. The van der Waals surface area contributed by atoms with Crippen molar-refractivity contribution in [1.82, 2.24) is 4.72 Å². The van der Waals surface area contributed by atoms with Crippen molar-refractivity contribution in [2.24, 2.45) is 5.73 Å². The lowest BCUT2D eigenvalue weighted by atomic mass is 9.93. The highest BCUT2D eigenvalue weighted by atomic mass is 32.2. The van der Waals surface area contributed by atoms with Crippen LogP contribution in [0.4, 0.5) is 0 Å². The van der Waals surface area contributed by atoms with Gasteiger partial charge in [0.25, 0.3) is 0 Å². The Balaban J connectivity index is 2.14. The molecule has 19 heavy (non-hydrogen) atoms. The van der Waals surface area contributed by atoms with Crippen LogP contribution in [0.1, 0.15) is 38.2 Å². The maximum absolute atomic E-state index is 12.4. The molecular weight excluding hydrogens is 260 g/mol. The van der Waals surface area contributed by atoms with Crippen LogP contribution in [0, 0.1) is 0 Å². The molecule has 0 heterocycles. The third-order valence-corrected chi connectivity index (χ3v) is 5.36. The Labute approximate surface area is 115 Å². The van der Waals surface area contributed by atoms with Crippen LogP contribution in [0.15, 0.2) is 29.2 Å². The van der Waals surface area contributed by atoms with E-state index in [1.165, 1.54) is 0 Å². The number of sulfonamides is 1. The molecule has 1 aliphatic carbocycles. The van der Waals surface area contributed by atoms with Gasteiger partial charge < -0.3 is 5.73 Å². The molecule has 0 amide bonds. The molecule has 5 heteroatoms. The fourth-order valence-corrected chi connectivity index (χ4v) is 4.19. The lowest BCUT2D eigenvalue weighted by molar-refractivity contribution is 0.373. The first kappa shape index (κ1) is 14.5. The predicted octanol–water partition coefficient (Wildman–Crippen LogP) is 1.80. The van der Waals surface area contributed by atoms with Crippen LogP contribution in [0.25, 0.3) is 0 Å². The van der Waals surface area contributed by atoms with Crippen LogP contribution in [-0.4, -0.2) is 20.5 Å². The molecule has 106 valence electrons. The van der Waals surface area contributed by atoms with Gasteiger partial charge in [-0.15, -0.1) is 0 Å². The number of nitrogens with one attached hydrogen (secondary N) is 1. The molecule has 0 bridgehead atoms. The topological polar surface area (TPSA) is 72.2 Å². The Bertz CT molecular complexity index is 520. The van der Waals surface area contributed by atoms with E-state index in [2.05, 4.69) is 4.72 Å². The van der Waals surface area contributed by atoms with Gasteiger partial charge in [-0.1, -0.05) is 25.1 Å². The summed E-state index contributed by atoms with van der Waals surface area (Å²) in [6.45, 7) is 1.97. The Morgan fingerprint density at radius 3 is 2.47 bits per heavy atom. The monoisotopic (exact) mass is 282 g/mol. The summed E-state index contributed by atoms with van der Waals surface area (Å²) < 4.78 is 27.7. The van der Waals surface area contributed by atoms with Gasteiger partial charge in [0.15, 0.2) is 0 Å². The fourth-order valence-electron chi connectivity index (χ4n) is 2.58. The third-order valence-electron chi connectivity index (χ3n) is 3.74. The Morgan fingerprint density at radius 1 is 1.21 bits per heavy atom. The molecule has 1 aromatic carbocycles. The molecule has 0 atom stereocenters. The molecule has 1 aliphatic rings. The normalized spacial score (nSPS) is 24.3. The van der Waals surface area contributed by atoms with Crippen molar-refractivity contribution in [2.75, 3.05) is 0 Å². The van der Waals surface area contributed by atoms with Crippen LogP contribution in [-0.2, 0) is 16.4 Å². The van der Waals surface area contributed by atoms with Crippen molar-refractivity contribution in [3.05, 3.63) is 29.8 Å². The second-order valence-corrected chi connectivity index (χ2v) is 6.88. The molecule has 2 rings (SSSR count). The van der Waals surface area contributed by atoms with E-state index in [1.54, 1.807) is 12.1 Å². The van der Waals surface area contributed by atoms with Gasteiger partial charge >= 0.3 is 0 Å². The van der Waals surface area contributed by atoms with Gasteiger partial charge in [-0.25, -0.2) is 13.1 Å². The second-order valence-electron chi connectivity index (χ2n) is 5.19. The highest BCUT2D eigenvalue weighted by Gasteiger charge is 2.25. The number of aryl methyl sites for hydroxylation is 1. The summed E-state index contributed by atoms with van der Waals surface area (Å²) >= 11 is 0. The Hall–Kier alpha value is -0.910. The van der Waals surface area contributed by atoms with Crippen molar-refractivity contribution in [1.29, 1.82) is 0 Å². The van der Waals surface area contributed by atoms with E-state index in [0.29, 0.717) is 11.3 Å². The average Bonchev–Trinajstić information content (AvgIpc) is 2.41. The fraction of sp³-hybridized carbons (Fsp3) is 0.571. The summed E-state index contributed by atoms with van der Waals surface area (Å²) in [5.74, 6) is 0. The van der Waals surface area contributed by atoms with Crippen molar-refractivity contribution >= 4 is 10.0 Å². The SMILES string of the molecule is CCc1ccccc1S(=O)(=O)NC1CCC(N)CC1. The van der Waals surface area contributed by atoms with E-state index < -0.39 is 10.0 Å². The molecule has 1 aromatic rings. The van der Waals surface area contributed by atoms with Crippen molar-refractivity contribution < 1.29 is 8.42 Å². The summed E-state index contributed by atoms with van der Waals surface area (Å²) in [7, 11) is -3.41. The zero-order chi connectivity index (χ0) is 13.9. The van der Waals surface area contributed by atoms with E-state index >= 15 is 0 Å². The van der Waals surface area contributed by atoms with Gasteiger partial charge in [-0.2, -0.15) is 0 Å². The minimum atomic E-state index is -3.41. The molecule has 0 saturated heterocycles. The molecule has 0 aliphatic heterocycles. The zero-order valence-electron chi connectivity index (χ0n) is 11.3. The van der Waals surface area contributed by atoms with E-state index in [1.807, 2.05) is 19.1 Å². The standard InChI is InChI=1S/C14H22N2O2S/c1-2-11-5-3-4-6-14(11)19(17,18)16-13-9-7-12(15)8-10-13/h3-6,12-13,16H,2,7-10,15H2,1H3. The largest absolute Gasteiger partial charge is 0.328 e. The number of nitrogens with two attached hydrogens (primary N) is 1. The van der Waals surface area contributed by atoms with Crippen molar-refractivity contribution in [3.8, 4) is 0 Å². The first-order chi connectivity index (χ1) is 9.03. The van der Waals surface area contributed by atoms with Gasteiger partial charge in [0.05, 0.1) is 4.90 Å². The number of benzene rings is 1. The quantitative estimate of drug-likeness (QED) is 0.884. The van der Waals surface area contributed by atoms with Gasteiger partial charge in [0.2, 0.25) is 10.0 Å². The molecule has 1 fully saturated rings. The Morgan fingerprint density at radius 2 is 1.84 bits per heavy atom. The second kappa shape index (κ2) is 6.03. The average molecular weight is 282 g/mol. The third kappa shape index (κ3) is 3.55. The minimum absolute atomic E-state index is 0.0229. The van der Waals surface area contributed by atoms with E-state index in [-0.39, 0.29) is 12.1 Å². The zero-order valence-corrected chi connectivity index (χ0v) is 12.1. The van der Waals surface area contributed by atoms with Crippen LogP contribution in [0.5, 0.6) is 0 Å². The van der Waals surface area contributed by atoms with Gasteiger partial charge in [-0.3, -0.25) is 0 Å². The summed E-state index contributed by atoms with van der Waals surface area (Å²) in [6.07, 6.45) is 4.15. The lowest BCUT2D eigenvalue weighted by Gasteiger charge is -2.26. The van der Waals surface area contributed by atoms with Crippen LogP contribution in [0.2, 0.25) is 0 Å². The number of hydrogen-bond acceptors (Lipinski definition) is 3. The smallest absolute Gasteiger partial charge is 0.241 e. The molecule has 4 nitrogen and oxygen atoms in total. The first-order valence-electron chi connectivity index (χ1n) is 6.88. The number of hydrogen-bond donors (Lipinski definition) is 2. The van der Waals surface area contributed by atoms with Crippen molar-refractivity contribution in [3.63, 3.8) is 0 Å². The Kier molecular flexibility index (Phi) is 4.60. The molecule has 1 saturated carbocycles. The van der Waals surface area contributed by atoms with E-state index in [0.717, 1.165) is 31.2 Å². The molecule has 0 unspecified atom stereocenters. The lowest BCUT2D eigenvalue weighted by Crippen LogP contribution is -2.40. The van der Waals surface area contributed by atoms with Gasteiger partial charge in [0.1, 0.15) is 0 Å². The van der Waals surface area contributed by atoms with Gasteiger partial charge in [-0.05, 0) is 43.7 Å². The molecule has 0 aromatic heterocycles. The maximum Gasteiger partial charge on any atom is 0.241 e. The molecule has 0 radical (unpaired) electrons. The molecule has 3 N–H and O–H groups in total. The highest BCUT2D eigenvalue weighted by molar-refractivity contribution is 7.89. The molecule has 0 spiro atoms. The summed E-state index contributed by atoms with van der Waals surface area (Å²) in [5.41, 5.74) is 6.70. The maximum atomic E-state index is 12.4. The predicted molar refractivity (Wildman–Crippen MR) is 76.4 cm³/mol. The first-order valence-corrected chi connectivity index (χ1v) is 8.37. The molecular formula is C14H22N2O2S. The minimum Gasteiger partial charge on any atom is -0.328 e. The summed E-state index contributed by atoms with van der Waals surface area (Å²) in [5, 5.41) is 0.